The second-order valence-electron chi connectivity index (χ2n) is 6.61. The molecule has 0 radical (unpaired) electrons. The molecule has 1 aliphatic rings. The summed E-state index contributed by atoms with van der Waals surface area (Å²) in [4.78, 5) is 22.8. The zero-order valence-electron chi connectivity index (χ0n) is 15.6. The van der Waals surface area contributed by atoms with Crippen molar-refractivity contribution < 1.29 is 4.79 Å². The SMILES string of the molecule is C=CC(=O)Nc1cccc(CN2CCc3cnc(Nc4ccn(C)n4)nc32)c1. The first kappa shape index (κ1) is 17.7. The number of aromatic nitrogens is 4. The van der Waals surface area contributed by atoms with E-state index < -0.39 is 0 Å². The van der Waals surface area contributed by atoms with Crippen molar-refractivity contribution in [3.63, 3.8) is 0 Å². The number of anilines is 4. The lowest BCUT2D eigenvalue weighted by Gasteiger charge is -2.19. The molecule has 4 rings (SSSR count). The molecule has 1 aromatic carbocycles. The number of hydrogen-bond acceptors (Lipinski definition) is 6. The Bertz CT molecular complexity index is 1030. The van der Waals surface area contributed by atoms with E-state index in [1.807, 2.05) is 49.8 Å². The highest BCUT2D eigenvalue weighted by Gasteiger charge is 2.22. The summed E-state index contributed by atoms with van der Waals surface area (Å²) in [6, 6.07) is 9.67. The van der Waals surface area contributed by atoms with Crippen LogP contribution in [-0.2, 0) is 24.8 Å². The summed E-state index contributed by atoms with van der Waals surface area (Å²) in [5.74, 6) is 1.93. The van der Waals surface area contributed by atoms with Crippen molar-refractivity contribution in [3.8, 4) is 0 Å². The maximum absolute atomic E-state index is 11.5. The van der Waals surface area contributed by atoms with E-state index in [4.69, 9.17) is 4.98 Å². The predicted octanol–water partition coefficient (Wildman–Crippen LogP) is 2.64. The fraction of sp³-hybridized carbons (Fsp3) is 0.200. The van der Waals surface area contributed by atoms with Crippen molar-refractivity contribution in [3.05, 3.63) is 66.5 Å². The molecule has 142 valence electrons. The largest absolute Gasteiger partial charge is 0.352 e. The number of carbonyl (C=O) groups is 1. The van der Waals surface area contributed by atoms with Crippen LogP contribution in [-0.4, -0.2) is 32.2 Å². The quantitative estimate of drug-likeness (QED) is 0.644. The summed E-state index contributed by atoms with van der Waals surface area (Å²) in [6.45, 7) is 5.06. The third-order valence-corrected chi connectivity index (χ3v) is 4.50. The molecular formula is C20H21N7O. The summed E-state index contributed by atoms with van der Waals surface area (Å²) in [5, 5.41) is 10.2. The molecule has 0 bridgehead atoms. The van der Waals surface area contributed by atoms with E-state index >= 15 is 0 Å². The Morgan fingerprint density at radius 2 is 2.25 bits per heavy atom. The Balaban J connectivity index is 1.51. The molecule has 0 spiro atoms. The van der Waals surface area contributed by atoms with Crippen LogP contribution in [0, 0.1) is 0 Å². The fourth-order valence-corrected chi connectivity index (χ4v) is 3.18. The lowest BCUT2D eigenvalue weighted by molar-refractivity contribution is -0.111. The first-order valence-corrected chi connectivity index (χ1v) is 9.00. The molecular weight excluding hydrogens is 354 g/mol. The van der Waals surface area contributed by atoms with Crippen molar-refractivity contribution in [2.45, 2.75) is 13.0 Å². The Labute approximate surface area is 162 Å². The first-order chi connectivity index (χ1) is 13.6. The Morgan fingerprint density at radius 3 is 3.04 bits per heavy atom. The molecule has 0 fully saturated rings. The molecule has 2 N–H and O–H groups in total. The van der Waals surface area contributed by atoms with Gasteiger partial charge in [0.05, 0.1) is 0 Å². The van der Waals surface area contributed by atoms with Gasteiger partial charge in [0.25, 0.3) is 0 Å². The van der Waals surface area contributed by atoms with Gasteiger partial charge in [-0.15, -0.1) is 0 Å². The number of carbonyl (C=O) groups excluding carboxylic acids is 1. The topological polar surface area (TPSA) is 88.0 Å². The number of rotatable bonds is 6. The van der Waals surface area contributed by atoms with Crippen LogP contribution in [0.25, 0.3) is 0 Å². The standard InChI is InChI=1S/C20H21N7O/c1-3-18(28)22-16-6-4-5-14(11-16)13-27-10-7-15-12-21-20(24-19(15)27)23-17-8-9-26(2)25-17/h3-6,8-9,11-12H,1,7,10,13H2,2H3,(H,22,28)(H,21,23,24,25). The number of amides is 1. The highest BCUT2D eigenvalue weighted by atomic mass is 16.1. The summed E-state index contributed by atoms with van der Waals surface area (Å²) < 4.78 is 1.72. The predicted molar refractivity (Wildman–Crippen MR) is 109 cm³/mol. The molecule has 1 aliphatic heterocycles. The zero-order valence-corrected chi connectivity index (χ0v) is 15.6. The van der Waals surface area contributed by atoms with Crippen LogP contribution < -0.4 is 15.5 Å². The lowest BCUT2D eigenvalue weighted by atomic mass is 10.2. The van der Waals surface area contributed by atoms with Gasteiger partial charge in [-0.2, -0.15) is 10.1 Å². The number of benzene rings is 1. The molecule has 0 unspecified atom stereocenters. The van der Waals surface area contributed by atoms with Gasteiger partial charge in [-0.3, -0.25) is 9.48 Å². The average molecular weight is 375 g/mol. The minimum Gasteiger partial charge on any atom is -0.352 e. The minimum absolute atomic E-state index is 0.221. The van der Waals surface area contributed by atoms with Gasteiger partial charge < -0.3 is 15.5 Å². The molecule has 3 heterocycles. The number of aryl methyl sites for hydroxylation is 1. The van der Waals surface area contributed by atoms with Crippen molar-refractivity contribution in [2.75, 3.05) is 22.1 Å². The Kier molecular flexibility index (Phi) is 4.76. The lowest BCUT2D eigenvalue weighted by Crippen LogP contribution is -2.21. The molecule has 0 aliphatic carbocycles. The molecule has 0 atom stereocenters. The van der Waals surface area contributed by atoms with Gasteiger partial charge in [-0.1, -0.05) is 18.7 Å². The third kappa shape index (κ3) is 3.85. The van der Waals surface area contributed by atoms with E-state index in [0.29, 0.717) is 18.3 Å². The monoisotopic (exact) mass is 375 g/mol. The van der Waals surface area contributed by atoms with Crippen LogP contribution in [0.1, 0.15) is 11.1 Å². The number of nitrogens with one attached hydrogen (secondary N) is 2. The molecule has 0 saturated heterocycles. The van der Waals surface area contributed by atoms with Crippen LogP contribution in [0.15, 0.2) is 55.4 Å². The van der Waals surface area contributed by atoms with E-state index in [-0.39, 0.29) is 5.91 Å². The van der Waals surface area contributed by atoms with Crippen molar-refractivity contribution >= 4 is 29.2 Å². The van der Waals surface area contributed by atoms with E-state index in [1.54, 1.807) is 4.68 Å². The van der Waals surface area contributed by atoms with Crippen LogP contribution in [0.2, 0.25) is 0 Å². The van der Waals surface area contributed by atoms with Gasteiger partial charge >= 0.3 is 0 Å². The summed E-state index contributed by atoms with van der Waals surface area (Å²) in [5.41, 5.74) is 2.97. The summed E-state index contributed by atoms with van der Waals surface area (Å²) in [7, 11) is 1.86. The number of hydrogen-bond donors (Lipinski definition) is 2. The second-order valence-corrected chi connectivity index (χ2v) is 6.61. The van der Waals surface area contributed by atoms with E-state index in [2.05, 4.69) is 32.2 Å². The maximum atomic E-state index is 11.5. The zero-order chi connectivity index (χ0) is 19.5. The van der Waals surface area contributed by atoms with Gasteiger partial charge in [0, 0.05) is 49.8 Å². The molecule has 8 heteroatoms. The first-order valence-electron chi connectivity index (χ1n) is 9.00. The number of nitrogens with zero attached hydrogens (tertiary/aromatic N) is 5. The van der Waals surface area contributed by atoms with Crippen LogP contribution in [0.4, 0.5) is 23.3 Å². The average Bonchev–Trinajstić information content (AvgIpc) is 3.28. The summed E-state index contributed by atoms with van der Waals surface area (Å²) in [6.07, 6.45) is 5.90. The molecule has 28 heavy (non-hydrogen) atoms. The van der Waals surface area contributed by atoms with Gasteiger partial charge in [-0.05, 0) is 30.2 Å². The molecule has 1 amide bonds. The third-order valence-electron chi connectivity index (χ3n) is 4.50. The fourth-order valence-electron chi connectivity index (χ4n) is 3.18. The van der Waals surface area contributed by atoms with Crippen LogP contribution in [0.5, 0.6) is 0 Å². The molecule has 3 aromatic rings. The van der Waals surface area contributed by atoms with E-state index in [1.165, 1.54) is 6.08 Å². The minimum atomic E-state index is -0.221. The molecule has 0 saturated carbocycles. The normalized spacial score (nSPS) is 12.5. The molecule has 8 nitrogen and oxygen atoms in total. The van der Waals surface area contributed by atoms with E-state index in [0.717, 1.165) is 35.6 Å². The highest BCUT2D eigenvalue weighted by molar-refractivity contribution is 5.98. The van der Waals surface area contributed by atoms with Crippen LogP contribution in [0.3, 0.4) is 0 Å². The van der Waals surface area contributed by atoms with E-state index in [9.17, 15) is 4.79 Å². The van der Waals surface area contributed by atoms with Crippen molar-refractivity contribution in [1.82, 2.24) is 19.7 Å². The molecule has 2 aromatic heterocycles. The Morgan fingerprint density at radius 1 is 1.36 bits per heavy atom. The maximum Gasteiger partial charge on any atom is 0.247 e. The smallest absolute Gasteiger partial charge is 0.247 e. The van der Waals surface area contributed by atoms with Gasteiger partial charge in [0.1, 0.15) is 5.82 Å². The second kappa shape index (κ2) is 7.51. The summed E-state index contributed by atoms with van der Waals surface area (Å²) >= 11 is 0. The highest BCUT2D eigenvalue weighted by Crippen LogP contribution is 2.28. The van der Waals surface area contributed by atoms with Gasteiger partial charge in [0.15, 0.2) is 5.82 Å². The van der Waals surface area contributed by atoms with Crippen molar-refractivity contribution in [2.24, 2.45) is 7.05 Å². The van der Waals surface area contributed by atoms with Gasteiger partial charge in [0.2, 0.25) is 11.9 Å². The number of fused-ring (bicyclic) bond motifs is 1. The van der Waals surface area contributed by atoms with Crippen molar-refractivity contribution in [1.29, 1.82) is 0 Å². The van der Waals surface area contributed by atoms with Gasteiger partial charge in [-0.25, -0.2) is 4.98 Å². The Hall–Kier alpha value is -3.68. The van der Waals surface area contributed by atoms with Crippen LogP contribution >= 0.6 is 0 Å².